The SMILES string of the molecule is N#C/C(=C\c1ccc(-c2ccccc2)cc1)C(=O)Nc1cc(Cl)cc(Cl)c1. The topological polar surface area (TPSA) is 52.9 Å². The molecule has 1 N–H and O–H groups in total. The number of hydrogen-bond acceptors (Lipinski definition) is 2. The molecular formula is C22H14Cl2N2O. The van der Waals surface area contributed by atoms with Crippen LogP contribution in [0.3, 0.4) is 0 Å². The smallest absolute Gasteiger partial charge is 0.266 e. The number of nitrogens with zero attached hydrogens (tertiary/aromatic N) is 1. The number of anilines is 1. The Morgan fingerprint density at radius 1 is 0.889 bits per heavy atom. The fourth-order valence-electron chi connectivity index (χ4n) is 2.54. The Kier molecular flexibility index (Phi) is 5.93. The van der Waals surface area contributed by atoms with Gasteiger partial charge in [0.1, 0.15) is 11.6 Å². The highest BCUT2D eigenvalue weighted by molar-refractivity contribution is 6.35. The van der Waals surface area contributed by atoms with Gasteiger partial charge < -0.3 is 5.32 Å². The maximum Gasteiger partial charge on any atom is 0.266 e. The average Bonchev–Trinajstić information content (AvgIpc) is 2.66. The molecule has 0 saturated heterocycles. The Morgan fingerprint density at radius 3 is 2.07 bits per heavy atom. The summed E-state index contributed by atoms with van der Waals surface area (Å²) in [5.74, 6) is -0.525. The van der Waals surface area contributed by atoms with Gasteiger partial charge in [-0.25, -0.2) is 0 Å². The Bertz CT molecular complexity index is 1020. The molecule has 132 valence electrons. The minimum Gasteiger partial charge on any atom is -0.321 e. The van der Waals surface area contributed by atoms with Gasteiger partial charge in [0, 0.05) is 15.7 Å². The first-order chi connectivity index (χ1) is 13.0. The Hall–Kier alpha value is -3.06. The number of carbonyl (C=O) groups excluding carboxylic acids is 1. The molecule has 0 atom stereocenters. The van der Waals surface area contributed by atoms with Crippen molar-refractivity contribution >= 4 is 40.9 Å². The zero-order valence-corrected chi connectivity index (χ0v) is 15.6. The standard InChI is InChI=1S/C22H14Cl2N2O/c23-19-11-20(24)13-21(12-19)26-22(27)18(14-25)10-15-6-8-17(9-7-15)16-4-2-1-3-5-16/h1-13H,(H,26,27)/b18-10+. The molecule has 0 fully saturated rings. The number of nitriles is 1. The molecule has 0 aliphatic rings. The van der Waals surface area contributed by atoms with E-state index >= 15 is 0 Å². The van der Waals surface area contributed by atoms with Crippen LogP contribution < -0.4 is 5.32 Å². The van der Waals surface area contributed by atoms with Gasteiger partial charge in [-0.3, -0.25) is 4.79 Å². The summed E-state index contributed by atoms with van der Waals surface area (Å²) in [5, 5.41) is 12.8. The van der Waals surface area contributed by atoms with Crippen molar-refractivity contribution in [1.29, 1.82) is 5.26 Å². The second-order valence-corrected chi connectivity index (χ2v) is 6.64. The molecule has 5 heteroatoms. The summed E-state index contributed by atoms with van der Waals surface area (Å²) in [4.78, 5) is 12.4. The molecule has 3 aromatic rings. The van der Waals surface area contributed by atoms with Gasteiger partial charge in [-0.1, -0.05) is 77.8 Å². The largest absolute Gasteiger partial charge is 0.321 e. The van der Waals surface area contributed by atoms with Crippen molar-refractivity contribution in [2.45, 2.75) is 0 Å². The summed E-state index contributed by atoms with van der Waals surface area (Å²) < 4.78 is 0. The van der Waals surface area contributed by atoms with Crippen LogP contribution in [0.5, 0.6) is 0 Å². The molecule has 0 unspecified atom stereocenters. The lowest BCUT2D eigenvalue weighted by atomic mass is 10.0. The third-order valence-corrected chi connectivity index (χ3v) is 4.25. The molecule has 0 aliphatic heterocycles. The molecule has 3 aromatic carbocycles. The van der Waals surface area contributed by atoms with Gasteiger partial charge in [0.05, 0.1) is 0 Å². The van der Waals surface area contributed by atoms with Gasteiger partial charge in [-0.05, 0) is 41.0 Å². The minimum absolute atomic E-state index is 0.0152. The average molecular weight is 393 g/mol. The highest BCUT2D eigenvalue weighted by Gasteiger charge is 2.10. The second kappa shape index (κ2) is 8.55. The minimum atomic E-state index is -0.525. The van der Waals surface area contributed by atoms with E-state index < -0.39 is 5.91 Å². The molecule has 0 saturated carbocycles. The van der Waals surface area contributed by atoms with E-state index in [1.54, 1.807) is 18.2 Å². The van der Waals surface area contributed by atoms with E-state index in [1.807, 2.05) is 60.7 Å². The third-order valence-electron chi connectivity index (χ3n) is 3.81. The number of halogens is 2. The normalized spacial score (nSPS) is 10.9. The van der Waals surface area contributed by atoms with Gasteiger partial charge in [-0.15, -0.1) is 0 Å². The highest BCUT2D eigenvalue weighted by Crippen LogP contribution is 2.23. The molecule has 3 rings (SSSR count). The zero-order valence-electron chi connectivity index (χ0n) is 14.1. The van der Waals surface area contributed by atoms with Crippen LogP contribution in [-0.4, -0.2) is 5.91 Å². The maximum atomic E-state index is 12.4. The lowest BCUT2D eigenvalue weighted by Crippen LogP contribution is -2.13. The van der Waals surface area contributed by atoms with Crippen molar-refractivity contribution in [2.24, 2.45) is 0 Å². The molecule has 0 spiro atoms. The molecule has 0 radical (unpaired) electrons. The van der Waals surface area contributed by atoms with Gasteiger partial charge in [0.15, 0.2) is 0 Å². The Labute approximate surface area is 167 Å². The van der Waals surface area contributed by atoms with E-state index in [2.05, 4.69) is 5.32 Å². The van der Waals surface area contributed by atoms with Gasteiger partial charge in [-0.2, -0.15) is 5.26 Å². The quantitative estimate of drug-likeness (QED) is 0.423. The molecule has 1 amide bonds. The number of benzene rings is 3. The van der Waals surface area contributed by atoms with Crippen molar-refractivity contribution in [3.63, 3.8) is 0 Å². The van der Waals surface area contributed by atoms with Crippen LogP contribution in [0.2, 0.25) is 10.0 Å². The molecule has 0 aromatic heterocycles. The van der Waals surface area contributed by atoms with E-state index in [0.717, 1.165) is 16.7 Å². The van der Waals surface area contributed by atoms with Crippen LogP contribution >= 0.6 is 23.2 Å². The molecule has 3 nitrogen and oxygen atoms in total. The molecule has 0 aliphatic carbocycles. The third kappa shape index (κ3) is 4.98. The van der Waals surface area contributed by atoms with Crippen molar-refractivity contribution < 1.29 is 4.79 Å². The summed E-state index contributed by atoms with van der Waals surface area (Å²) in [5.41, 5.74) is 3.33. The van der Waals surface area contributed by atoms with Crippen LogP contribution in [0.15, 0.2) is 78.4 Å². The summed E-state index contributed by atoms with van der Waals surface area (Å²) in [7, 11) is 0. The first-order valence-corrected chi connectivity index (χ1v) is 8.85. The molecular weight excluding hydrogens is 379 g/mol. The van der Waals surface area contributed by atoms with Crippen LogP contribution in [0, 0.1) is 11.3 Å². The predicted molar refractivity (Wildman–Crippen MR) is 111 cm³/mol. The summed E-state index contributed by atoms with van der Waals surface area (Å²) >= 11 is 11.9. The first kappa shape index (κ1) is 18.7. The number of amides is 1. The maximum absolute atomic E-state index is 12.4. The van der Waals surface area contributed by atoms with E-state index in [0.29, 0.717) is 15.7 Å². The fraction of sp³-hybridized carbons (Fsp3) is 0. The Balaban J connectivity index is 1.79. The van der Waals surface area contributed by atoms with Crippen molar-refractivity contribution in [3.8, 4) is 17.2 Å². The van der Waals surface area contributed by atoms with E-state index in [9.17, 15) is 10.1 Å². The number of nitrogens with one attached hydrogen (secondary N) is 1. The first-order valence-electron chi connectivity index (χ1n) is 8.10. The second-order valence-electron chi connectivity index (χ2n) is 5.77. The molecule has 27 heavy (non-hydrogen) atoms. The van der Waals surface area contributed by atoms with Gasteiger partial charge in [0.2, 0.25) is 0 Å². The molecule has 0 heterocycles. The fourth-order valence-corrected chi connectivity index (χ4v) is 3.07. The van der Waals surface area contributed by atoms with Gasteiger partial charge in [0.25, 0.3) is 5.91 Å². The zero-order chi connectivity index (χ0) is 19.2. The van der Waals surface area contributed by atoms with Crippen molar-refractivity contribution in [1.82, 2.24) is 0 Å². The van der Waals surface area contributed by atoms with E-state index in [1.165, 1.54) is 6.08 Å². The number of carbonyl (C=O) groups is 1. The number of hydrogen-bond donors (Lipinski definition) is 1. The van der Waals surface area contributed by atoms with Crippen LogP contribution in [0.1, 0.15) is 5.56 Å². The van der Waals surface area contributed by atoms with Gasteiger partial charge >= 0.3 is 0 Å². The van der Waals surface area contributed by atoms with E-state index in [4.69, 9.17) is 23.2 Å². The number of rotatable bonds is 4. The Morgan fingerprint density at radius 2 is 1.48 bits per heavy atom. The predicted octanol–water partition coefficient (Wildman–Crippen LogP) is 6.21. The highest BCUT2D eigenvalue weighted by atomic mass is 35.5. The van der Waals surface area contributed by atoms with Crippen LogP contribution in [0.25, 0.3) is 17.2 Å². The summed E-state index contributed by atoms with van der Waals surface area (Å²) in [6, 6.07) is 24.2. The monoisotopic (exact) mass is 392 g/mol. The van der Waals surface area contributed by atoms with Crippen LogP contribution in [-0.2, 0) is 4.79 Å². The van der Waals surface area contributed by atoms with Crippen LogP contribution in [0.4, 0.5) is 5.69 Å². The van der Waals surface area contributed by atoms with Crippen molar-refractivity contribution in [3.05, 3.63) is 94.0 Å². The van der Waals surface area contributed by atoms with E-state index in [-0.39, 0.29) is 5.57 Å². The molecule has 0 bridgehead atoms. The lowest BCUT2D eigenvalue weighted by Gasteiger charge is -2.06. The van der Waals surface area contributed by atoms with Crippen molar-refractivity contribution in [2.75, 3.05) is 5.32 Å². The lowest BCUT2D eigenvalue weighted by molar-refractivity contribution is -0.112. The summed E-state index contributed by atoms with van der Waals surface area (Å²) in [6.07, 6.45) is 1.54. The summed E-state index contributed by atoms with van der Waals surface area (Å²) in [6.45, 7) is 0.